The van der Waals surface area contributed by atoms with Crippen LogP contribution in [0.2, 0.25) is 0 Å². The van der Waals surface area contributed by atoms with Gasteiger partial charge in [0.25, 0.3) is 0 Å². The molecule has 1 amide bonds. The van der Waals surface area contributed by atoms with Gasteiger partial charge in [0.05, 0.1) is 6.42 Å². The van der Waals surface area contributed by atoms with Crippen LogP contribution in [0, 0.1) is 5.92 Å². The Hall–Kier alpha value is -0.870. The van der Waals surface area contributed by atoms with Gasteiger partial charge < -0.3 is 11.1 Å². The van der Waals surface area contributed by atoms with E-state index in [0.29, 0.717) is 18.4 Å². The van der Waals surface area contributed by atoms with Crippen LogP contribution in [0.1, 0.15) is 24.8 Å². The second-order valence-corrected chi connectivity index (χ2v) is 5.90. The van der Waals surface area contributed by atoms with Crippen molar-refractivity contribution >= 4 is 21.8 Å². The number of benzene rings is 1. The fourth-order valence-corrected chi connectivity index (χ4v) is 2.66. The average molecular weight is 311 g/mol. The Morgan fingerprint density at radius 1 is 1.33 bits per heavy atom. The van der Waals surface area contributed by atoms with Crippen molar-refractivity contribution in [3.8, 4) is 0 Å². The minimum Gasteiger partial charge on any atom is -0.353 e. The number of hydrogen-bond donors (Lipinski definition) is 2. The summed E-state index contributed by atoms with van der Waals surface area (Å²) in [4.78, 5) is 11.8. The number of carbonyl (C=O) groups excluding carboxylic acids is 1. The normalized spacial score (nSPS) is 22.3. The molecule has 1 aliphatic rings. The molecule has 4 heteroatoms. The van der Waals surface area contributed by atoms with Crippen molar-refractivity contribution in [2.24, 2.45) is 11.7 Å². The third kappa shape index (κ3) is 3.82. The molecule has 1 aromatic carbocycles. The molecule has 0 spiro atoms. The monoisotopic (exact) mass is 310 g/mol. The quantitative estimate of drug-likeness (QED) is 0.876. The summed E-state index contributed by atoms with van der Waals surface area (Å²) in [5.74, 6) is 0.835. The molecule has 1 aromatic rings. The zero-order valence-electron chi connectivity index (χ0n) is 10.4. The minimum atomic E-state index is 0.119. The van der Waals surface area contributed by atoms with Gasteiger partial charge in [-0.25, -0.2) is 0 Å². The molecule has 3 nitrogen and oxygen atoms in total. The van der Waals surface area contributed by atoms with Gasteiger partial charge in [-0.2, -0.15) is 0 Å². The summed E-state index contributed by atoms with van der Waals surface area (Å²) < 4.78 is 1.04. The maximum atomic E-state index is 11.8. The molecule has 98 valence electrons. The lowest BCUT2D eigenvalue weighted by Gasteiger charge is -2.35. The third-order valence-corrected chi connectivity index (χ3v) is 3.98. The van der Waals surface area contributed by atoms with Crippen molar-refractivity contribution in [1.29, 1.82) is 0 Å². The molecule has 0 atom stereocenters. The predicted octanol–water partition coefficient (Wildman–Crippen LogP) is 2.24. The molecule has 18 heavy (non-hydrogen) atoms. The molecule has 0 radical (unpaired) electrons. The first kappa shape index (κ1) is 13.6. The molecule has 0 bridgehead atoms. The topological polar surface area (TPSA) is 55.1 Å². The first-order chi connectivity index (χ1) is 8.67. The SMILES string of the molecule is NCCC1CC(NC(=O)Cc2ccc(Br)cc2)C1. The maximum Gasteiger partial charge on any atom is 0.224 e. The number of carbonyl (C=O) groups is 1. The number of halogens is 1. The highest BCUT2D eigenvalue weighted by Crippen LogP contribution is 2.29. The van der Waals surface area contributed by atoms with Crippen LogP contribution in [0.4, 0.5) is 0 Å². The number of rotatable bonds is 5. The molecule has 0 heterocycles. The Balaban J connectivity index is 1.72. The van der Waals surface area contributed by atoms with Gasteiger partial charge in [-0.05, 0) is 49.4 Å². The third-order valence-electron chi connectivity index (χ3n) is 3.45. The van der Waals surface area contributed by atoms with E-state index in [1.165, 1.54) is 0 Å². The summed E-state index contributed by atoms with van der Waals surface area (Å²) in [6.45, 7) is 0.754. The summed E-state index contributed by atoms with van der Waals surface area (Å²) in [5.41, 5.74) is 6.56. The molecular formula is C14H19BrN2O. The summed E-state index contributed by atoms with van der Waals surface area (Å²) in [6, 6.07) is 8.24. The van der Waals surface area contributed by atoms with Crippen LogP contribution in [0.5, 0.6) is 0 Å². The highest BCUT2D eigenvalue weighted by Gasteiger charge is 2.29. The highest BCUT2D eigenvalue weighted by molar-refractivity contribution is 9.10. The van der Waals surface area contributed by atoms with E-state index < -0.39 is 0 Å². The van der Waals surface area contributed by atoms with Crippen molar-refractivity contribution in [2.45, 2.75) is 31.7 Å². The van der Waals surface area contributed by atoms with Crippen LogP contribution in [0.3, 0.4) is 0 Å². The van der Waals surface area contributed by atoms with E-state index in [4.69, 9.17) is 5.73 Å². The zero-order chi connectivity index (χ0) is 13.0. The van der Waals surface area contributed by atoms with Gasteiger partial charge >= 0.3 is 0 Å². The highest BCUT2D eigenvalue weighted by atomic mass is 79.9. The second-order valence-electron chi connectivity index (χ2n) is 4.98. The minimum absolute atomic E-state index is 0.119. The fraction of sp³-hybridized carbons (Fsp3) is 0.500. The Morgan fingerprint density at radius 2 is 2.00 bits per heavy atom. The lowest BCUT2D eigenvalue weighted by Crippen LogP contribution is -2.45. The summed E-state index contributed by atoms with van der Waals surface area (Å²) >= 11 is 3.38. The Bertz CT molecular complexity index is 399. The first-order valence-corrected chi connectivity index (χ1v) is 7.20. The molecule has 1 fully saturated rings. The predicted molar refractivity (Wildman–Crippen MR) is 76.2 cm³/mol. The average Bonchev–Trinajstić information content (AvgIpc) is 2.29. The molecule has 0 saturated heterocycles. The van der Waals surface area contributed by atoms with Crippen LogP contribution in [-0.2, 0) is 11.2 Å². The van der Waals surface area contributed by atoms with Crippen molar-refractivity contribution in [3.63, 3.8) is 0 Å². The molecular weight excluding hydrogens is 292 g/mol. The number of hydrogen-bond acceptors (Lipinski definition) is 2. The van der Waals surface area contributed by atoms with E-state index >= 15 is 0 Å². The summed E-state index contributed by atoms with van der Waals surface area (Å²) in [5, 5.41) is 3.08. The summed E-state index contributed by atoms with van der Waals surface area (Å²) in [7, 11) is 0. The van der Waals surface area contributed by atoms with Gasteiger partial charge in [-0.1, -0.05) is 28.1 Å². The van der Waals surface area contributed by atoms with Crippen molar-refractivity contribution in [3.05, 3.63) is 34.3 Å². The van der Waals surface area contributed by atoms with E-state index in [1.54, 1.807) is 0 Å². The van der Waals surface area contributed by atoms with Gasteiger partial charge in [0, 0.05) is 10.5 Å². The van der Waals surface area contributed by atoms with Crippen LogP contribution in [0.15, 0.2) is 28.7 Å². The number of nitrogens with one attached hydrogen (secondary N) is 1. The first-order valence-electron chi connectivity index (χ1n) is 6.41. The molecule has 2 rings (SSSR count). The van der Waals surface area contributed by atoms with Crippen LogP contribution in [0.25, 0.3) is 0 Å². The molecule has 0 aliphatic heterocycles. The smallest absolute Gasteiger partial charge is 0.224 e. The van der Waals surface area contributed by atoms with Gasteiger partial charge in [-0.3, -0.25) is 4.79 Å². The zero-order valence-corrected chi connectivity index (χ0v) is 11.9. The lowest BCUT2D eigenvalue weighted by molar-refractivity contribution is -0.122. The van der Waals surface area contributed by atoms with E-state index in [0.717, 1.165) is 35.8 Å². The molecule has 1 saturated carbocycles. The number of nitrogens with two attached hydrogens (primary N) is 1. The van der Waals surface area contributed by atoms with Gasteiger partial charge in [-0.15, -0.1) is 0 Å². The van der Waals surface area contributed by atoms with Crippen molar-refractivity contribution < 1.29 is 4.79 Å². The van der Waals surface area contributed by atoms with Crippen LogP contribution < -0.4 is 11.1 Å². The largest absolute Gasteiger partial charge is 0.353 e. The van der Waals surface area contributed by atoms with Crippen LogP contribution >= 0.6 is 15.9 Å². The van der Waals surface area contributed by atoms with Gasteiger partial charge in [0.15, 0.2) is 0 Å². The fourth-order valence-electron chi connectivity index (χ4n) is 2.39. The van der Waals surface area contributed by atoms with Crippen molar-refractivity contribution in [2.75, 3.05) is 6.54 Å². The van der Waals surface area contributed by atoms with Gasteiger partial charge in [0.2, 0.25) is 5.91 Å². The van der Waals surface area contributed by atoms with E-state index in [-0.39, 0.29) is 5.91 Å². The van der Waals surface area contributed by atoms with Crippen molar-refractivity contribution in [1.82, 2.24) is 5.32 Å². The van der Waals surface area contributed by atoms with Crippen LogP contribution in [-0.4, -0.2) is 18.5 Å². The summed E-state index contributed by atoms with van der Waals surface area (Å²) in [6.07, 6.45) is 3.72. The maximum absolute atomic E-state index is 11.8. The molecule has 3 N–H and O–H groups in total. The molecule has 1 aliphatic carbocycles. The Labute approximate surface area is 116 Å². The molecule has 0 unspecified atom stereocenters. The Morgan fingerprint density at radius 3 is 2.61 bits per heavy atom. The Kier molecular flexibility index (Phi) is 4.78. The van der Waals surface area contributed by atoms with E-state index in [1.807, 2.05) is 24.3 Å². The lowest BCUT2D eigenvalue weighted by atomic mass is 9.78. The van der Waals surface area contributed by atoms with E-state index in [2.05, 4.69) is 21.2 Å². The van der Waals surface area contributed by atoms with E-state index in [9.17, 15) is 4.79 Å². The second kappa shape index (κ2) is 6.34. The number of amides is 1. The standard InChI is InChI=1S/C14H19BrN2O/c15-12-3-1-10(2-4-12)9-14(18)17-13-7-11(8-13)5-6-16/h1-4,11,13H,5-9,16H2,(H,17,18). The molecule has 0 aromatic heterocycles. The van der Waals surface area contributed by atoms with Gasteiger partial charge in [0.1, 0.15) is 0 Å².